The van der Waals surface area contributed by atoms with Gasteiger partial charge >= 0.3 is 0 Å². The SMILES string of the molecule is CC1(C)c2ccccc2-c2c(-c3cccc4c3N(c3ccccc3)CCC4)cc(N(c3ccc(-c4ccccc4)cc3)c3ccc(-c4ccccc4)s3)cc21. The van der Waals surface area contributed by atoms with Gasteiger partial charge in [-0.25, -0.2) is 0 Å². The van der Waals surface area contributed by atoms with E-state index in [-0.39, 0.29) is 5.41 Å². The normalized spacial score (nSPS) is 13.9. The van der Waals surface area contributed by atoms with E-state index in [0.717, 1.165) is 25.1 Å². The Morgan fingerprint density at radius 2 is 1.18 bits per heavy atom. The minimum Gasteiger partial charge on any atom is -0.341 e. The second-order valence-corrected chi connectivity index (χ2v) is 16.3. The molecule has 1 aliphatic carbocycles. The lowest BCUT2D eigenvalue weighted by Crippen LogP contribution is -2.25. The molecule has 8 aromatic rings. The van der Waals surface area contributed by atoms with E-state index in [1.54, 1.807) is 0 Å². The van der Waals surface area contributed by atoms with Crippen molar-refractivity contribution in [2.24, 2.45) is 0 Å². The fourth-order valence-electron chi connectivity index (χ4n) is 8.92. The predicted molar refractivity (Wildman–Crippen MR) is 235 cm³/mol. The predicted octanol–water partition coefficient (Wildman–Crippen LogP) is 14.6. The Labute approximate surface area is 328 Å². The molecule has 3 heteroatoms. The van der Waals surface area contributed by atoms with Gasteiger partial charge in [0.05, 0.1) is 5.69 Å². The van der Waals surface area contributed by atoms with Crippen LogP contribution in [0.2, 0.25) is 0 Å². The van der Waals surface area contributed by atoms with Crippen LogP contribution in [0, 0.1) is 0 Å². The van der Waals surface area contributed by atoms with Gasteiger partial charge in [0.2, 0.25) is 0 Å². The second-order valence-electron chi connectivity index (χ2n) is 15.2. The van der Waals surface area contributed by atoms with Crippen molar-refractivity contribution in [3.8, 4) is 43.8 Å². The molecule has 7 aromatic carbocycles. The summed E-state index contributed by atoms with van der Waals surface area (Å²) in [6.45, 7) is 5.80. The van der Waals surface area contributed by atoms with E-state index in [9.17, 15) is 0 Å². The third-order valence-electron chi connectivity index (χ3n) is 11.6. The number of thiophene rings is 1. The molecule has 0 spiro atoms. The van der Waals surface area contributed by atoms with Crippen molar-refractivity contribution >= 4 is 39.1 Å². The van der Waals surface area contributed by atoms with Gasteiger partial charge in [0.1, 0.15) is 5.00 Å². The largest absolute Gasteiger partial charge is 0.341 e. The van der Waals surface area contributed by atoms with Crippen LogP contribution >= 0.6 is 11.3 Å². The maximum Gasteiger partial charge on any atom is 0.101 e. The van der Waals surface area contributed by atoms with Crippen molar-refractivity contribution < 1.29 is 0 Å². The van der Waals surface area contributed by atoms with Crippen molar-refractivity contribution in [2.75, 3.05) is 16.3 Å². The molecule has 0 atom stereocenters. The van der Waals surface area contributed by atoms with Crippen molar-refractivity contribution in [2.45, 2.75) is 32.1 Å². The molecule has 0 bridgehead atoms. The number of aryl methyl sites for hydroxylation is 1. The van der Waals surface area contributed by atoms with E-state index in [0.29, 0.717) is 0 Å². The van der Waals surface area contributed by atoms with E-state index in [1.807, 2.05) is 11.3 Å². The van der Waals surface area contributed by atoms with Crippen molar-refractivity contribution in [3.63, 3.8) is 0 Å². The van der Waals surface area contributed by atoms with Crippen LogP contribution in [-0.2, 0) is 11.8 Å². The number of benzene rings is 7. The second kappa shape index (κ2) is 13.6. The van der Waals surface area contributed by atoms with Gasteiger partial charge in [-0.1, -0.05) is 147 Å². The number of hydrogen-bond donors (Lipinski definition) is 0. The van der Waals surface area contributed by atoms with Crippen LogP contribution in [0.15, 0.2) is 182 Å². The lowest BCUT2D eigenvalue weighted by molar-refractivity contribution is 0.660. The first-order valence-corrected chi connectivity index (χ1v) is 20.2. The first-order chi connectivity index (χ1) is 27.0. The molecule has 1 aliphatic heterocycles. The summed E-state index contributed by atoms with van der Waals surface area (Å²) in [5.41, 5.74) is 17.8. The lowest BCUT2D eigenvalue weighted by Gasteiger charge is -2.34. The van der Waals surface area contributed by atoms with Crippen LogP contribution in [0.1, 0.15) is 37.0 Å². The van der Waals surface area contributed by atoms with E-state index >= 15 is 0 Å². The lowest BCUT2D eigenvalue weighted by atomic mass is 9.81. The van der Waals surface area contributed by atoms with Crippen molar-refractivity contribution in [1.29, 1.82) is 0 Å². The Morgan fingerprint density at radius 1 is 0.527 bits per heavy atom. The van der Waals surface area contributed by atoms with Gasteiger partial charge in [-0.3, -0.25) is 0 Å². The standard InChI is InChI=1S/C52H42N2S/c1-52(2)46-26-13-12-24-44(46)50-45(43-25-14-20-39-21-15-33-53(51(39)43)40-22-10-5-11-23-40)34-42(35-47(50)52)54(49-32-31-48(55-49)38-18-8-4-9-19-38)41-29-27-37(28-30-41)36-16-6-3-7-17-36/h3-14,16-20,22-32,34-35H,15,21,33H2,1-2H3. The van der Waals surface area contributed by atoms with Crippen molar-refractivity contribution in [1.82, 2.24) is 0 Å². The van der Waals surface area contributed by atoms with Crippen LogP contribution < -0.4 is 9.80 Å². The summed E-state index contributed by atoms with van der Waals surface area (Å²) in [6, 6.07) is 67.1. The summed E-state index contributed by atoms with van der Waals surface area (Å²) in [5, 5.41) is 1.19. The monoisotopic (exact) mass is 726 g/mol. The summed E-state index contributed by atoms with van der Waals surface area (Å²) in [5.74, 6) is 0. The van der Waals surface area contributed by atoms with E-state index in [1.165, 1.54) is 82.6 Å². The van der Waals surface area contributed by atoms with Crippen LogP contribution in [0.25, 0.3) is 43.8 Å². The fraction of sp³-hybridized carbons (Fsp3) is 0.115. The van der Waals surface area contributed by atoms with Gasteiger partial charge < -0.3 is 9.80 Å². The number of rotatable bonds is 7. The summed E-state index contributed by atoms with van der Waals surface area (Å²) in [6.07, 6.45) is 2.21. The zero-order valence-corrected chi connectivity index (χ0v) is 32.1. The van der Waals surface area contributed by atoms with Gasteiger partial charge in [0, 0.05) is 39.5 Å². The topological polar surface area (TPSA) is 6.48 Å². The Balaban J connectivity index is 1.22. The summed E-state index contributed by atoms with van der Waals surface area (Å²) < 4.78 is 0. The number of hydrogen-bond acceptors (Lipinski definition) is 3. The van der Waals surface area contributed by atoms with E-state index < -0.39 is 0 Å². The minimum absolute atomic E-state index is 0.182. The highest BCUT2D eigenvalue weighted by Gasteiger charge is 2.39. The molecule has 0 amide bonds. The molecule has 0 fully saturated rings. The average Bonchev–Trinajstić information content (AvgIpc) is 3.82. The number of nitrogens with zero attached hydrogens (tertiary/aromatic N) is 2. The fourth-order valence-corrected chi connectivity index (χ4v) is 9.97. The maximum atomic E-state index is 2.56. The van der Waals surface area contributed by atoms with Crippen LogP contribution in [-0.4, -0.2) is 6.54 Å². The molecule has 0 N–H and O–H groups in total. The van der Waals surface area contributed by atoms with Crippen molar-refractivity contribution in [3.05, 3.63) is 199 Å². The number of anilines is 5. The molecular formula is C52H42N2S. The molecule has 10 rings (SSSR count). The first-order valence-electron chi connectivity index (χ1n) is 19.4. The Bertz CT molecular complexity index is 2640. The molecule has 1 aromatic heterocycles. The zero-order chi connectivity index (χ0) is 36.9. The molecule has 266 valence electrons. The third-order valence-corrected chi connectivity index (χ3v) is 12.7. The van der Waals surface area contributed by atoms with Gasteiger partial charge in [0.25, 0.3) is 0 Å². The average molecular weight is 727 g/mol. The highest BCUT2D eigenvalue weighted by molar-refractivity contribution is 7.19. The van der Waals surface area contributed by atoms with E-state index in [4.69, 9.17) is 0 Å². The van der Waals surface area contributed by atoms with Gasteiger partial charge in [-0.2, -0.15) is 0 Å². The molecule has 2 heterocycles. The summed E-state index contributed by atoms with van der Waals surface area (Å²) in [4.78, 5) is 6.30. The van der Waals surface area contributed by atoms with Gasteiger partial charge in [0.15, 0.2) is 0 Å². The molecule has 0 radical (unpaired) electrons. The Morgan fingerprint density at radius 3 is 1.95 bits per heavy atom. The van der Waals surface area contributed by atoms with Crippen LogP contribution in [0.5, 0.6) is 0 Å². The zero-order valence-electron chi connectivity index (χ0n) is 31.2. The number of fused-ring (bicyclic) bond motifs is 4. The minimum atomic E-state index is -0.182. The van der Waals surface area contributed by atoms with Crippen LogP contribution in [0.4, 0.5) is 27.8 Å². The Hall–Kier alpha value is -6.16. The highest BCUT2D eigenvalue weighted by Crippen LogP contribution is 2.56. The van der Waals surface area contributed by atoms with Gasteiger partial charge in [-0.05, 0) is 111 Å². The van der Waals surface area contributed by atoms with E-state index in [2.05, 4.69) is 206 Å². The smallest absolute Gasteiger partial charge is 0.101 e. The number of para-hydroxylation sites is 2. The summed E-state index contributed by atoms with van der Waals surface area (Å²) >= 11 is 1.84. The molecule has 0 saturated carbocycles. The summed E-state index contributed by atoms with van der Waals surface area (Å²) in [7, 11) is 0. The molecule has 55 heavy (non-hydrogen) atoms. The molecule has 2 nitrogen and oxygen atoms in total. The molecule has 0 unspecified atom stereocenters. The maximum absolute atomic E-state index is 2.56. The molecule has 0 saturated heterocycles. The molecule has 2 aliphatic rings. The van der Waals surface area contributed by atoms with Crippen LogP contribution in [0.3, 0.4) is 0 Å². The third kappa shape index (κ3) is 5.78. The van der Waals surface area contributed by atoms with Gasteiger partial charge in [-0.15, -0.1) is 11.3 Å². The highest BCUT2D eigenvalue weighted by atomic mass is 32.1. The quantitative estimate of drug-likeness (QED) is 0.161. The molecular weight excluding hydrogens is 685 g/mol. The first kappa shape index (κ1) is 33.4. The Kier molecular flexibility index (Phi) is 8.26.